The van der Waals surface area contributed by atoms with Crippen molar-refractivity contribution in [1.29, 1.82) is 0 Å². The topological polar surface area (TPSA) is 31.0 Å². The molecule has 0 saturated carbocycles. The van der Waals surface area contributed by atoms with E-state index in [1.54, 1.807) is 0 Å². The van der Waals surface area contributed by atoms with Gasteiger partial charge in [-0.25, -0.2) is 4.98 Å². The van der Waals surface area contributed by atoms with Crippen molar-refractivity contribution < 1.29 is 4.42 Å². The summed E-state index contributed by atoms with van der Waals surface area (Å²) in [4.78, 5) is 5.41. The Morgan fingerprint density at radius 1 is 0.574 bits per heavy atom. The number of imidazole rings is 1. The van der Waals surface area contributed by atoms with E-state index >= 15 is 0 Å². The zero-order valence-corrected chi connectivity index (χ0v) is 32.9. The van der Waals surface area contributed by atoms with Crippen LogP contribution in [0.4, 0.5) is 0 Å². The van der Waals surface area contributed by atoms with E-state index in [0.29, 0.717) is 0 Å². The van der Waals surface area contributed by atoms with E-state index in [0.717, 1.165) is 49.9 Å². The minimum absolute atomic E-state index is 0.147. The van der Waals surface area contributed by atoms with Crippen LogP contribution in [0, 0.1) is 0 Å². The van der Waals surface area contributed by atoms with Crippen LogP contribution in [0.5, 0.6) is 0 Å². The van der Waals surface area contributed by atoms with E-state index in [9.17, 15) is 0 Å². The lowest BCUT2D eigenvalue weighted by atomic mass is 9.63. The number of hydrogen-bond acceptors (Lipinski definition) is 2. The average Bonchev–Trinajstić information content (AvgIpc) is 3.74. The van der Waals surface area contributed by atoms with Gasteiger partial charge in [0.05, 0.1) is 22.3 Å². The Kier molecular flexibility index (Phi) is 8.01. The summed E-state index contributed by atoms with van der Waals surface area (Å²) in [6.45, 7) is 19.0. The van der Waals surface area contributed by atoms with E-state index in [4.69, 9.17) is 9.40 Å². The first-order valence-electron chi connectivity index (χ1n) is 19.7. The fourth-order valence-corrected chi connectivity index (χ4v) is 8.97. The lowest BCUT2D eigenvalue weighted by Crippen LogP contribution is -2.33. The summed E-state index contributed by atoms with van der Waals surface area (Å²) in [5.41, 5.74) is 16.9. The predicted molar refractivity (Wildman–Crippen MR) is 228 cm³/mol. The first-order chi connectivity index (χ1) is 25.9. The van der Waals surface area contributed by atoms with Crippen molar-refractivity contribution in [1.82, 2.24) is 9.55 Å². The van der Waals surface area contributed by atoms with Gasteiger partial charge in [-0.2, -0.15) is 0 Å². The van der Waals surface area contributed by atoms with Gasteiger partial charge in [0.1, 0.15) is 17.0 Å². The van der Waals surface area contributed by atoms with E-state index in [1.165, 1.54) is 57.5 Å². The average molecular weight is 707 g/mol. The first kappa shape index (κ1) is 34.4. The molecule has 0 unspecified atom stereocenters. The maximum atomic E-state index is 6.84. The Balaban J connectivity index is 1.28. The van der Waals surface area contributed by atoms with E-state index in [-0.39, 0.29) is 22.7 Å². The van der Waals surface area contributed by atoms with E-state index in [2.05, 4.69) is 181 Å². The molecule has 54 heavy (non-hydrogen) atoms. The summed E-state index contributed by atoms with van der Waals surface area (Å²) < 4.78 is 9.27. The van der Waals surface area contributed by atoms with Crippen molar-refractivity contribution in [3.05, 3.63) is 144 Å². The largest absolute Gasteiger partial charge is 0.455 e. The molecule has 0 atom stereocenters. The van der Waals surface area contributed by atoms with Gasteiger partial charge in [-0.1, -0.05) is 134 Å². The maximum absolute atomic E-state index is 6.84. The molecular formula is C51H50N2O. The lowest BCUT2D eigenvalue weighted by Gasteiger charge is -2.42. The summed E-state index contributed by atoms with van der Waals surface area (Å²) in [5, 5.41) is 2.21. The quantitative estimate of drug-likeness (QED) is 0.172. The number of fused-ring (bicyclic) bond motifs is 5. The van der Waals surface area contributed by atoms with Crippen molar-refractivity contribution in [2.45, 2.75) is 90.9 Å². The number of nitrogens with zero attached hydrogens (tertiary/aromatic N) is 2. The second-order valence-electron chi connectivity index (χ2n) is 17.5. The number of benzene rings is 6. The Bertz CT molecular complexity index is 2690. The molecule has 0 fully saturated rings. The molecule has 3 nitrogen and oxygen atoms in total. The van der Waals surface area contributed by atoms with Crippen LogP contribution in [-0.2, 0) is 10.8 Å². The van der Waals surface area contributed by atoms with Crippen LogP contribution in [-0.4, -0.2) is 9.55 Å². The number of para-hydroxylation sites is 3. The Labute approximate surface area is 319 Å². The van der Waals surface area contributed by atoms with Crippen LogP contribution in [0.25, 0.3) is 72.3 Å². The molecule has 0 aliphatic heterocycles. The smallest absolute Gasteiger partial charge is 0.149 e. The normalized spacial score (nSPS) is 15.1. The Morgan fingerprint density at radius 3 is 1.94 bits per heavy atom. The highest BCUT2D eigenvalue weighted by Gasteiger charge is 2.37. The highest BCUT2D eigenvalue weighted by atomic mass is 16.3. The molecule has 0 bridgehead atoms. The Hall–Kier alpha value is -5.41. The molecule has 8 aromatic rings. The summed E-state index contributed by atoms with van der Waals surface area (Å²) >= 11 is 0. The van der Waals surface area contributed by atoms with Crippen molar-refractivity contribution >= 4 is 33.0 Å². The number of furan rings is 1. The molecule has 0 saturated heterocycles. The fourth-order valence-electron chi connectivity index (χ4n) is 8.97. The van der Waals surface area contributed by atoms with Crippen molar-refractivity contribution in [2.24, 2.45) is 0 Å². The zero-order chi connectivity index (χ0) is 37.5. The van der Waals surface area contributed by atoms with Crippen LogP contribution in [0.3, 0.4) is 0 Å². The van der Waals surface area contributed by atoms with Gasteiger partial charge in [0.15, 0.2) is 0 Å². The monoisotopic (exact) mass is 706 g/mol. The number of hydrogen-bond donors (Lipinski definition) is 0. The van der Waals surface area contributed by atoms with Crippen molar-refractivity contribution in [3.8, 4) is 39.3 Å². The van der Waals surface area contributed by atoms with Crippen molar-refractivity contribution in [3.63, 3.8) is 0 Å². The van der Waals surface area contributed by atoms with Crippen molar-refractivity contribution in [2.75, 3.05) is 0 Å². The summed E-state index contributed by atoms with van der Waals surface area (Å²) in [7, 11) is 0. The molecular weight excluding hydrogens is 657 g/mol. The molecule has 1 aliphatic carbocycles. The minimum atomic E-state index is 0.147. The number of aromatic nitrogens is 2. The van der Waals surface area contributed by atoms with Crippen LogP contribution >= 0.6 is 0 Å². The Morgan fingerprint density at radius 2 is 1.22 bits per heavy atom. The van der Waals surface area contributed by atoms with E-state index < -0.39 is 0 Å². The molecule has 6 aromatic carbocycles. The lowest BCUT2D eigenvalue weighted by molar-refractivity contribution is 0.332. The molecule has 1 aliphatic rings. The van der Waals surface area contributed by atoms with E-state index in [1.807, 2.05) is 0 Å². The summed E-state index contributed by atoms with van der Waals surface area (Å²) in [5.74, 6) is 1.45. The second kappa shape index (κ2) is 12.6. The molecule has 270 valence electrons. The zero-order valence-electron chi connectivity index (χ0n) is 32.9. The van der Waals surface area contributed by atoms with Gasteiger partial charge in [-0.3, -0.25) is 4.57 Å². The molecule has 3 heteroatoms. The third-order valence-electron chi connectivity index (χ3n) is 12.2. The van der Waals surface area contributed by atoms with Crippen LogP contribution < -0.4 is 0 Å². The number of rotatable bonds is 6. The molecule has 2 heterocycles. The SMILES string of the molecule is CC(C)c1cc(-c2ccc3c(c2)C(C)(C)CCC3(C)C)cc(C(C)C)c1-n1c(-c2cccc3c2oc2cc(-c4ccccc4)ccc23)nc2ccccc21. The van der Waals surface area contributed by atoms with Gasteiger partial charge < -0.3 is 4.42 Å². The third kappa shape index (κ3) is 5.51. The van der Waals surface area contributed by atoms with Gasteiger partial charge in [0.2, 0.25) is 0 Å². The molecule has 0 radical (unpaired) electrons. The predicted octanol–water partition coefficient (Wildman–Crippen LogP) is 14.5. The third-order valence-corrected chi connectivity index (χ3v) is 12.2. The minimum Gasteiger partial charge on any atom is -0.455 e. The highest BCUT2D eigenvalue weighted by Crippen LogP contribution is 2.48. The van der Waals surface area contributed by atoms with Crippen LogP contribution in [0.15, 0.2) is 126 Å². The maximum Gasteiger partial charge on any atom is 0.149 e. The molecule has 0 spiro atoms. The molecule has 0 amide bonds. The van der Waals surface area contributed by atoms with Gasteiger partial charge in [0, 0.05) is 10.8 Å². The standard InChI is InChI=1S/C51H50N2O/c1-31(2)40-27-36(34-22-24-42-43(29-34)51(7,8)26-25-50(42,5)6)28-41(32(3)4)47(40)53-45-20-13-12-19-44(45)52-49(53)39-18-14-17-38-37-23-21-35(30-46(37)54-48(38)39)33-15-10-9-11-16-33/h9-24,27-32H,25-26H2,1-8H3. The first-order valence-corrected chi connectivity index (χ1v) is 19.7. The molecule has 9 rings (SSSR count). The van der Waals surface area contributed by atoms with Gasteiger partial charge in [-0.05, 0) is 122 Å². The van der Waals surface area contributed by atoms with Gasteiger partial charge >= 0.3 is 0 Å². The summed E-state index contributed by atoms with van der Waals surface area (Å²) in [6.07, 6.45) is 2.42. The second-order valence-corrected chi connectivity index (χ2v) is 17.5. The molecule has 2 aromatic heterocycles. The van der Waals surface area contributed by atoms with Crippen LogP contribution in [0.2, 0.25) is 0 Å². The fraction of sp³-hybridized carbons (Fsp3) is 0.275. The van der Waals surface area contributed by atoms with Gasteiger partial charge in [0.25, 0.3) is 0 Å². The molecule has 0 N–H and O–H groups in total. The van der Waals surface area contributed by atoms with Crippen LogP contribution in [0.1, 0.15) is 102 Å². The summed E-state index contributed by atoms with van der Waals surface area (Å²) in [6, 6.07) is 44.4. The van der Waals surface area contributed by atoms with Gasteiger partial charge in [-0.15, -0.1) is 0 Å². The highest BCUT2D eigenvalue weighted by molar-refractivity contribution is 6.10.